The summed E-state index contributed by atoms with van der Waals surface area (Å²) in [5, 5.41) is 6.66. The van der Waals surface area contributed by atoms with Gasteiger partial charge in [0.25, 0.3) is 0 Å². The van der Waals surface area contributed by atoms with Crippen LogP contribution in [0.2, 0.25) is 0 Å². The van der Waals surface area contributed by atoms with Crippen molar-refractivity contribution in [2.75, 3.05) is 33.4 Å². The maximum atomic E-state index is 5.69. The lowest BCUT2D eigenvalue weighted by Gasteiger charge is -2.12. The van der Waals surface area contributed by atoms with Gasteiger partial charge in [0, 0.05) is 26.7 Å². The van der Waals surface area contributed by atoms with E-state index in [1.807, 2.05) is 12.1 Å². The van der Waals surface area contributed by atoms with E-state index in [2.05, 4.69) is 64.2 Å². The second-order valence-electron chi connectivity index (χ2n) is 5.86. The van der Waals surface area contributed by atoms with E-state index in [1.54, 1.807) is 7.05 Å². The third-order valence-corrected chi connectivity index (χ3v) is 3.91. The van der Waals surface area contributed by atoms with Crippen molar-refractivity contribution in [3.05, 3.63) is 71.8 Å². The van der Waals surface area contributed by atoms with Gasteiger partial charge in [0.2, 0.25) is 0 Å². The minimum absolute atomic E-state index is 0.765. The van der Waals surface area contributed by atoms with Crippen LogP contribution >= 0.6 is 0 Å². The summed E-state index contributed by atoms with van der Waals surface area (Å²) in [5.74, 6) is 0.847. The van der Waals surface area contributed by atoms with Gasteiger partial charge in [0.05, 0.1) is 6.61 Å². The van der Waals surface area contributed by atoms with Gasteiger partial charge >= 0.3 is 0 Å². The highest BCUT2D eigenvalue weighted by molar-refractivity contribution is 5.79. The summed E-state index contributed by atoms with van der Waals surface area (Å²) < 4.78 is 5.69. The molecule has 4 nitrogen and oxygen atoms in total. The molecule has 0 unspecified atom stereocenters. The first-order chi connectivity index (χ1) is 12.4. The zero-order valence-corrected chi connectivity index (χ0v) is 15.1. The molecule has 25 heavy (non-hydrogen) atoms. The van der Waals surface area contributed by atoms with Gasteiger partial charge in [-0.1, -0.05) is 60.7 Å². The minimum Gasteiger partial charge on any atom is -0.381 e. The molecule has 0 fully saturated rings. The zero-order chi connectivity index (χ0) is 17.6. The molecule has 2 rings (SSSR count). The van der Waals surface area contributed by atoms with Crippen LogP contribution in [0.3, 0.4) is 0 Å². The molecule has 0 aromatic heterocycles. The fourth-order valence-electron chi connectivity index (χ4n) is 2.51. The van der Waals surface area contributed by atoms with E-state index in [0.29, 0.717) is 0 Å². The molecule has 0 spiro atoms. The van der Waals surface area contributed by atoms with Gasteiger partial charge in [0.15, 0.2) is 5.96 Å². The average molecular weight is 339 g/mol. The summed E-state index contributed by atoms with van der Waals surface area (Å²) in [6, 6.07) is 20.9. The van der Waals surface area contributed by atoms with Crippen LogP contribution in [0.1, 0.15) is 17.5 Å². The lowest BCUT2D eigenvalue weighted by atomic mass is 10.1. The van der Waals surface area contributed by atoms with Crippen LogP contribution in [0.4, 0.5) is 0 Å². The Labute approximate surface area is 151 Å². The quantitative estimate of drug-likeness (QED) is 0.397. The van der Waals surface area contributed by atoms with Crippen LogP contribution in [0, 0.1) is 0 Å². The maximum absolute atomic E-state index is 5.69. The topological polar surface area (TPSA) is 45.7 Å². The second-order valence-corrected chi connectivity index (χ2v) is 5.86. The molecule has 0 saturated heterocycles. The summed E-state index contributed by atoms with van der Waals surface area (Å²) in [6.07, 6.45) is 2.93. The van der Waals surface area contributed by atoms with Crippen LogP contribution in [-0.2, 0) is 17.6 Å². The minimum atomic E-state index is 0.765. The van der Waals surface area contributed by atoms with Gasteiger partial charge in [-0.05, 0) is 30.4 Å². The Morgan fingerprint density at radius 3 is 2.04 bits per heavy atom. The molecule has 0 aliphatic carbocycles. The molecule has 2 aromatic carbocycles. The molecule has 4 heteroatoms. The normalized spacial score (nSPS) is 11.3. The highest BCUT2D eigenvalue weighted by atomic mass is 16.5. The molecule has 0 radical (unpaired) electrons. The molecule has 0 amide bonds. The van der Waals surface area contributed by atoms with Crippen molar-refractivity contribution in [3.8, 4) is 0 Å². The highest BCUT2D eigenvalue weighted by Gasteiger charge is 1.98. The van der Waals surface area contributed by atoms with Crippen LogP contribution < -0.4 is 10.6 Å². The van der Waals surface area contributed by atoms with Gasteiger partial charge in [0.1, 0.15) is 0 Å². The van der Waals surface area contributed by atoms with E-state index in [1.165, 1.54) is 11.1 Å². The SMILES string of the molecule is CN=C(NCCCOCCc1ccccc1)NCCc1ccccc1. The highest BCUT2D eigenvalue weighted by Crippen LogP contribution is 2.00. The molecule has 0 atom stereocenters. The van der Waals surface area contributed by atoms with Crippen molar-refractivity contribution in [3.63, 3.8) is 0 Å². The number of aliphatic imine (C=N–C) groups is 1. The fourth-order valence-corrected chi connectivity index (χ4v) is 2.51. The maximum Gasteiger partial charge on any atom is 0.190 e. The summed E-state index contributed by atoms with van der Waals surface area (Å²) >= 11 is 0. The Hall–Kier alpha value is -2.33. The van der Waals surface area contributed by atoms with Gasteiger partial charge in [-0.25, -0.2) is 0 Å². The number of ether oxygens (including phenoxy) is 1. The summed E-state index contributed by atoms with van der Waals surface area (Å²) in [4.78, 5) is 4.25. The van der Waals surface area contributed by atoms with Crippen molar-refractivity contribution in [1.29, 1.82) is 0 Å². The van der Waals surface area contributed by atoms with Crippen LogP contribution in [0.5, 0.6) is 0 Å². The van der Waals surface area contributed by atoms with E-state index in [0.717, 1.165) is 51.5 Å². The molecule has 0 heterocycles. The van der Waals surface area contributed by atoms with Crippen LogP contribution in [0.25, 0.3) is 0 Å². The van der Waals surface area contributed by atoms with E-state index in [4.69, 9.17) is 4.74 Å². The molecule has 0 saturated carbocycles. The Bertz CT molecular complexity index is 599. The van der Waals surface area contributed by atoms with Crippen LogP contribution in [-0.4, -0.2) is 39.3 Å². The first-order valence-corrected chi connectivity index (χ1v) is 8.98. The van der Waals surface area contributed by atoms with Gasteiger partial charge in [-0.2, -0.15) is 0 Å². The Morgan fingerprint density at radius 2 is 1.40 bits per heavy atom. The summed E-state index contributed by atoms with van der Waals surface area (Å²) in [5.41, 5.74) is 2.65. The zero-order valence-electron chi connectivity index (χ0n) is 15.1. The van der Waals surface area contributed by atoms with E-state index in [-0.39, 0.29) is 0 Å². The third-order valence-electron chi connectivity index (χ3n) is 3.91. The van der Waals surface area contributed by atoms with Gasteiger partial charge < -0.3 is 15.4 Å². The molecule has 2 N–H and O–H groups in total. The predicted molar refractivity (Wildman–Crippen MR) is 105 cm³/mol. The molecule has 0 aliphatic heterocycles. The first-order valence-electron chi connectivity index (χ1n) is 8.98. The Morgan fingerprint density at radius 1 is 0.800 bits per heavy atom. The first kappa shape index (κ1) is 19.0. The van der Waals surface area contributed by atoms with Gasteiger partial charge in [-0.3, -0.25) is 4.99 Å². The smallest absolute Gasteiger partial charge is 0.190 e. The standard InChI is InChI=1S/C21H29N3O/c1-22-21(24-16-13-19-9-4-2-5-10-19)23-15-8-17-25-18-14-20-11-6-3-7-12-20/h2-7,9-12H,8,13-18H2,1H3,(H2,22,23,24). The van der Waals surface area contributed by atoms with Gasteiger partial charge in [-0.15, -0.1) is 0 Å². The van der Waals surface area contributed by atoms with E-state index in [9.17, 15) is 0 Å². The Kier molecular flexibility index (Phi) is 9.19. The third kappa shape index (κ3) is 8.36. The summed E-state index contributed by atoms with van der Waals surface area (Å²) in [6.45, 7) is 3.27. The number of rotatable bonds is 10. The summed E-state index contributed by atoms with van der Waals surface area (Å²) in [7, 11) is 1.80. The fraction of sp³-hybridized carbons (Fsp3) is 0.381. The number of hydrogen-bond donors (Lipinski definition) is 2. The molecule has 134 valence electrons. The second kappa shape index (κ2) is 12.1. The van der Waals surface area contributed by atoms with Crippen LogP contribution in [0.15, 0.2) is 65.7 Å². The number of benzene rings is 2. The van der Waals surface area contributed by atoms with E-state index >= 15 is 0 Å². The largest absolute Gasteiger partial charge is 0.381 e. The number of nitrogens with zero attached hydrogens (tertiary/aromatic N) is 1. The lowest BCUT2D eigenvalue weighted by molar-refractivity contribution is 0.135. The molecule has 0 bridgehead atoms. The molecular weight excluding hydrogens is 310 g/mol. The lowest BCUT2D eigenvalue weighted by Crippen LogP contribution is -2.39. The molecule has 2 aromatic rings. The molecule has 0 aliphatic rings. The van der Waals surface area contributed by atoms with Crippen molar-refractivity contribution in [2.45, 2.75) is 19.3 Å². The Balaban J connectivity index is 1.48. The monoisotopic (exact) mass is 339 g/mol. The number of nitrogens with one attached hydrogen (secondary N) is 2. The number of hydrogen-bond acceptors (Lipinski definition) is 2. The van der Waals surface area contributed by atoms with Crippen molar-refractivity contribution < 1.29 is 4.74 Å². The van der Waals surface area contributed by atoms with Crippen molar-refractivity contribution in [2.24, 2.45) is 4.99 Å². The van der Waals surface area contributed by atoms with Crippen molar-refractivity contribution >= 4 is 5.96 Å². The van der Waals surface area contributed by atoms with Crippen molar-refractivity contribution in [1.82, 2.24) is 10.6 Å². The van der Waals surface area contributed by atoms with E-state index < -0.39 is 0 Å². The predicted octanol–water partition coefficient (Wildman–Crippen LogP) is 3.04. The molecular formula is C21H29N3O. The average Bonchev–Trinajstić information content (AvgIpc) is 2.67. The number of guanidine groups is 1.